The molecule has 2 aromatic carbocycles. The second-order valence-corrected chi connectivity index (χ2v) is 8.65. The Hall–Kier alpha value is -2.84. The molecule has 1 atom stereocenters. The quantitative estimate of drug-likeness (QED) is 0.619. The Morgan fingerprint density at radius 3 is 2.50 bits per heavy atom. The summed E-state index contributed by atoms with van der Waals surface area (Å²) in [5.74, 6) is -1.74. The van der Waals surface area contributed by atoms with E-state index in [4.69, 9.17) is 11.6 Å². The molecule has 3 rings (SSSR count). The molecule has 0 fully saturated rings. The molecule has 30 heavy (non-hydrogen) atoms. The Balaban J connectivity index is 2.21. The predicted octanol–water partition coefficient (Wildman–Crippen LogP) is 4.63. The van der Waals surface area contributed by atoms with Crippen LogP contribution in [0.3, 0.4) is 0 Å². The number of benzene rings is 2. The minimum absolute atomic E-state index is 0.0462. The van der Waals surface area contributed by atoms with Crippen LogP contribution < -0.4 is 10.2 Å². The third-order valence-corrected chi connectivity index (χ3v) is 4.83. The number of rotatable bonds is 5. The zero-order valence-corrected chi connectivity index (χ0v) is 18.2. The summed E-state index contributed by atoms with van der Waals surface area (Å²) in [6, 6.07) is 11.0. The van der Waals surface area contributed by atoms with Crippen LogP contribution in [-0.2, 0) is 4.79 Å². The zero-order chi connectivity index (χ0) is 21.9. The molecule has 0 aliphatic carbocycles. The summed E-state index contributed by atoms with van der Waals surface area (Å²) in [5.41, 5.74) is -0.176. The first-order valence-electron chi connectivity index (χ1n) is 9.10. The van der Waals surface area contributed by atoms with E-state index in [0.29, 0.717) is 10.7 Å². The highest BCUT2D eigenvalue weighted by molar-refractivity contribution is 7.03. The van der Waals surface area contributed by atoms with Gasteiger partial charge in [0.25, 0.3) is 5.91 Å². The molecule has 1 heterocycles. The highest BCUT2D eigenvalue weighted by atomic mass is 35.5. The summed E-state index contributed by atoms with van der Waals surface area (Å²) in [7, 11) is 0. The van der Waals surface area contributed by atoms with Crippen molar-refractivity contribution in [3.8, 4) is 0 Å². The minimum atomic E-state index is -1.29. The van der Waals surface area contributed by atoms with E-state index >= 15 is 0 Å². The van der Waals surface area contributed by atoms with E-state index in [0.717, 1.165) is 11.5 Å². The molecule has 0 spiro atoms. The van der Waals surface area contributed by atoms with Crippen LogP contribution in [0, 0.1) is 5.82 Å². The Morgan fingerprint density at radius 2 is 1.90 bits per heavy atom. The summed E-state index contributed by atoms with van der Waals surface area (Å²) in [5, 5.41) is 8.52. The lowest BCUT2D eigenvalue weighted by atomic mass is 10.00. The molecule has 0 bridgehead atoms. The number of hydrogen-bond acceptors (Lipinski definition) is 5. The van der Waals surface area contributed by atoms with Crippen LogP contribution in [0.2, 0.25) is 5.02 Å². The SMILES string of the molecule is CC(C)(C)NC(=O)[C@H](c1ccccc1F)N(C(=O)c1csnn1)c1cccc(Cl)c1. The van der Waals surface area contributed by atoms with Gasteiger partial charge in [-0.2, -0.15) is 0 Å². The molecule has 0 radical (unpaired) electrons. The van der Waals surface area contributed by atoms with Gasteiger partial charge in [-0.05, 0) is 56.6 Å². The van der Waals surface area contributed by atoms with Crippen molar-refractivity contribution in [1.29, 1.82) is 0 Å². The van der Waals surface area contributed by atoms with E-state index in [-0.39, 0.29) is 11.3 Å². The second-order valence-electron chi connectivity index (χ2n) is 7.61. The van der Waals surface area contributed by atoms with E-state index < -0.39 is 29.2 Å². The maximum absolute atomic E-state index is 14.8. The largest absolute Gasteiger partial charge is 0.349 e. The van der Waals surface area contributed by atoms with Crippen molar-refractivity contribution in [2.45, 2.75) is 32.4 Å². The molecule has 0 aliphatic heterocycles. The summed E-state index contributed by atoms with van der Waals surface area (Å²) in [4.78, 5) is 27.9. The van der Waals surface area contributed by atoms with Gasteiger partial charge in [0.2, 0.25) is 5.91 Å². The van der Waals surface area contributed by atoms with Crippen LogP contribution in [0.25, 0.3) is 0 Å². The molecule has 0 aliphatic rings. The van der Waals surface area contributed by atoms with Gasteiger partial charge in [-0.1, -0.05) is 40.4 Å². The molecular weight excluding hydrogens is 427 g/mol. The van der Waals surface area contributed by atoms with Crippen LogP contribution in [0.1, 0.15) is 42.9 Å². The Kier molecular flexibility index (Phi) is 6.48. The fraction of sp³-hybridized carbons (Fsp3) is 0.238. The minimum Gasteiger partial charge on any atom is -0.349 e. The fourth-order valence-corrected chi connectivity index (χ4v) is 3.54. The van der Waals surface area contributed by atoms with Gasteiger partial charge < -0.3 is 5.32 Å². The van der Waals surface area contributed by atoms with Gasteiger partial charge >= 0.3 is 0 Å². The van der Waals surface area contributed by atoms with Gasteiger partial charge in [0.15, 0.2) is 5.69 Å². The molecule has 0 unspecified atom stereocenters. The van der Waals surface area contributed by atoms with Crippen molar-refractivity contribution in [2.24, 2.45) is 0 Å². The molecule has 0 saturated carbocycles. The molecule has 3 aromatic rings. The van der Waals surface area contributed by atoms with Gasteiger partial charge in [-0.3, -0.25) is 14.5 Å². The van der Waals surface area contributed by atoms with Crippen molar-refractivity contribution < 1.29 is 14.0 Å². The van der Waals surface area contributed by atoms with E-state index in [1.54, 1.807) is 45.0 Å². The van der Waals surface area contributed by atoms with Crippen molar-refractivity contribution in [2.75, 3.05) is 4.90 Å². The van der Waals surface area contributed by atoms with E-state index in [1.807, 2.05) is 0 Å². The summed E-state index contributed by atoms with van der Waals surface area (Å²) in [6.07, 6.45) is 0. The average Bonchev–Trinajstić information content (AvgIpc) is 3.19. The smallest absolute Gasteiger partial charge is 0.280 e. The third kappa shape index (κ3) is 5.01. The highest BCUT2D eigenvalue weighted by Gasteiger charge is 2.37. The predicted molar refractivity (Wildman–Crippen MR) is 115 cm³/mol. The van der Waals surface area contributed by atoms with Crippen LogP contribution in [0.4, 0.5) is 10.1 Å². The lowest BCUT2D eigenvalue weighted by Crippen LogP contribution is -2.49. The standard InChI is InChI=1S/C21H20ClFN4O2S/c1-21(2,3)24-19(28)18(15-9-4-5-10-16(15)23)27(14-8-6-7-13(22)11-14)20(29)17-12-30-26-25-17/h4-12,18H,1-3H3,(H,24,28)/t18-/m0/s1. The zero-order valence-electron chi connectivity index (χ0n) is 16.6. The number of halogens is 2. The first-order valence-corrected chi connectivity index (χ1v) is 10.3. The monoisotopic (exact) mass is 446 g/mol. The number of anilines is 1. The van der Waals surface area contributed by atoms with Gasteiger partial charge in [-0.25, -0.2) is 4.39 Å². The molecule has 156 valence electrons. The highest BCUT2D eigenvalue weighted by Crippen LogP contribution is 2.32. The summed E-state index contributed by atoms with van der Waals surface area (Å²) in [6.45, 7) is 5.41. The third-order valence-electron chi connectivity index (χ3n) is 4.09. The Labute approximate surface area is 182 Å². The number of aromatic nitrogens is 2. The van der Waals surface area contributed by atoms with Crippen LogP contribution >= 0.6 is 23.1 Å². The van der Waals surface area contributed by atoms with Crippen molar-refractivity contribution >= 4 is 40.6 Å². The fourth-order valence-electron chi connectivity index (χ4n) is 2.92. The number of hydrogen-bond donors (Lipinski definition) is 1. The maximum atomic E-state index is 14.8. The molecular formula is C21H20ClFN4O2S. The molecule has 2 amide bonds. The van der Waals surface area contributed by atoms with Gasteiger partial charge in [0.1, 0.15) is 11.9 Å². The normalized spacial score (nSPS) is 12.3. The first-order chi connectivity index (χ1) is 14.2. The molecule has 9 heteroatoms. The van der Waals surface area contributed by atoms with E-state index in [2.05, 4.69) is 14.9 Å². The lowest BCUT2D eigenvalue weighted by Gasteiger charge is -2.33. The van der Waals surface area contributed by atoms with Crippen molar-refractivity contribution in [3.63, 3.8) is 0 Å². The first kappa shape index (κ1) is 21.9. The molecule has 0 saturated heterocycles. The van der Waals surface area contributed by atoms with Gasteiger partial charge in [0, 0.05) is 27.2 Å². The van der Waals surface area contributed by atoms with Crippen molar-refractivity contribution in [1.82, 2.24) is 14.9 Å². The van der Waals surface area contributed by atoms with E-state index in [1.165, 1.54) is 34.5 Å². The number of carbonyl (C=O) groups is 2. The Bertz CT molecular complexity index is 1050. The topological polar surface area (TPSA) is 75.2 Å². The lowest BCUT2D eigenvalue weighted by molar-refractivity contribution is -0.124. The average molecular weight is 447 g/mol. The van der Waals surface area contributed by atoms with Gasteiger partial charge in [0.05, 0.1) is 0 Å². The van der Waals surface area contributed by atoms with Crippen LogP contribution in [0.5, 0.6) is 0 Å². The van der Waals surface area contributed by atoms with Crippen molar-refractivity contribution in [3.05, 3.63) is 76.0 Å². The number of nitrogens with one attached hydrogen (secondary N) is 1. The molecule has 6 nitrogen and oxygen atoms in total. The van der Waals surface area contributed by atoms with Crippen LogP contribution in [-0.4, -0.2) is 26.9 Å². The second kappa shape index (κ2) is 8.89. The van der Waals surface area contributed by atoms with Gasteiger partial charge in [-0.15, -0.1) is 5.10 Å². The number of amides is 2. The number of carbonyl (C=O) groups excluding carboxylic acids is 2. The maximum Gasteiger partial charge on any atom is 0.280 e. The Morgan fingerprint density at radius 1 is 1.17 bits per heavy atom. The molecule has 1 N–H and O–H groups in total. The number of nitrogens with zero attached hydrogens (tertiary/aromatic N) is 3. The summed E-state index contributed by atoms with van der Waals surface area (Å²) < 4.78 is 18.6. The summed E-state index contributed by atoms with van der Waals surface area (Å²) >= 11 is 7.15. The molecule has 1 aromatic heterocycles. The van der Waals surface area contributed by atoms with Crippen LogP contribution in [0.15, 0.2) is 53.9 Å². The van der Waals surface area contributed by atoms with E-state index in [9.17, 15) is 14.0 Å².